The smallest absolute Gasteiger partial charge is 0.315 e. The average Bonchev–Trinajstić information content (AvgIpc) is 3.26. The summed E-state index contributed by atoms with van der Waals surface area (Å²) < 4.78 is 5.14. The van der Waals surface area contributed by atoms with E-state index in [-0.39, 0.29) is 24.3 Å². The van der Waals surface area contributed by atoms with Gasteiger partial charge in [0.2, 0.25) is 0 Å². The maximum atomic E-state index is 12.9. The summed E-state index contributed by atoms with van der Waals surface area (Å²) in [6, 6.07) is 15.0. The largest absolute Gasteiger partial charge is 0.466 e. The topological polar surface area (TPSA) is 87.7 Å². The van der Waals surface area contributed by atoms with Crippen LogP contribution < -0.4 is 15.5 Å². The van der Waals surface area contributed by atoms with Crippen molar-refractivity contribution in [3.8, 4) is 0 Å². The van der Waals surface area contributed by atoms with E-state index in [1.54, 1.807) is 6.92 Å². The number of carbonyl (C=O) groups excluding carboxylic acids is 3. The number of anilines is 1. The van der Waals surface area contributed by atoms with E-state index in [4.69, 9.17) is 4.74 Å². The van der Waals surface area contributed by atoms with Crippen molar-refractivity contribution in [1.82, 2.24) is 10.6 Å². The first-order valence-corrected chi connectivity index (χ1v) is 12.2. The van der Waals surface area contributed by atoms with Crippen molar-refractivity contribution in [3.05, 3.63) is 65.2 Å². The van der Waals surface area contributed by atoms with E-state index in [0.717, 1.165) is 55.3 Å². The number of fused-ring (bicyclic) bond motifs is 1. The Morgan fingerprint density at radius 2 is 1.79 bits per heavy atom. The van der Waals surface area contributed by atoms with E-state index in [0.29, 0.717) is 25.3 Å². The van der Waals surface area contributed by atoms with Crippen LogP contribution in [-0.4, -0.2) is 36.6 Å². The van der Waals surface area contributed by atoms with Crippen LogP contribution in [0.2, 0.25) is 0 Å². The quantitative estimate of drug-likeness (QED) is 0.598. The number of hydrogen-bond donors (Lipinski definition) is 2. The van der Waals surface area contributed by atoms with Gasteiger partial charge in [0, 0.05) is 24.3 Å². The summed E-state index contributed by atoms with van der Waals surface area (Å²) in [5.41, 5.74) is 3.15. The Balaban J connectivity index is 1.36. The first-order chi connectivity index (χ1) is 16.5. The summed E-state index contributed by atoms with van der Waals surface area (Å²) in [7, 11) is 0. The zero-order valence-corrected chi connectivity index (χ0v) is 19.8. The molecule has 0 spiro atoms. The number of urea groups is 1. The van der Waals surface area contributed by atoms with Gasteiger partial charge in [0.25, 0.3) is 5.91 Å². The molecule has 3 amide bonds. The highest BCUT2D eigenvalue weighted by atomic mass is 16.5. The van der Waals surface area contributed by atoms with E-state index < -0.39 is 5.54 Å². The van der Waals surface area contributed by atoms with Crippen LogP contribution in [0.15, 0.2) is 48.5 Å². The van der Waals surface area contributed by atoms with Crippen LogP contribution in [0, 0.1) is 0 Å². The van der Waals surface area contributed by atoms with Crippen molar-refractivity contribution in [2.45, 2.75) is 64.0 Å². The molecule has 34 heavy (non-hydrogen) atoms. The first-order valence-electron chi connectivity index (χ1n) is 12.2. The number of carbonyl (C=O) groups is 3. The second-order valence-corrected chi connectivity index (χ2v) is 9.17. The highest BCUT2D eigenvalue weighted by Gasteiger charge is 2.36. The van der Waals surface area contributed by atoms with Gasteiger partial charge < -0.3 is 20.3 Å². The molecule has 1 aliphatic carbocycles. The SMILES string of the molecule is CCOC(=O)CC1(NC(=O)NCc2ccc3c(c2)CCN3C(=O)c2ccccc2)CCCCC1. The Hall–Kier alpha value is -3.35. The molecule has 4 rings (SSSR count). The minimum absolute atomic E-state index is 0.00369. The summed E-state index contributed by atoms with van der Waals surface area (Å²) in [5.74, 6) is -0.262. The Labute approximate surface area is 200 Å². The van der Waals surface area contributed by atoms with Crippen LogP contribution in [0.25, 0.3) is 0 Å². The highest BCUT2D eigenvalue weighted by Crippen LogP contribution is 2.32. The Bertz CT molecular complexity index is 1030. The molecule has 180 valence electrons. The third kappa shape index (κ3) is 5.58. The molecular weight excluding hydrogens is 430 g/mol. The van der Waals surface area contributed by atoms with Gasteiger partial charge in [0.05, 0.1) is 18.6 Å². The Morgan fingerprint density at radius 3 is 2.53 bits per heavy atom. The number of esters is 1. The molecular formula is C27H33N3O4. The third-order valence-corrected chi connectivity index (χ3v) is 6.74. The van der Waals surface area contributed by atoms with E-state index in [9.17, 15) is 14.4 Å². The second-order valence-electron chi connectivity index (χ2n) is 9.17. The van der Waals surface area contributed by atoms with Gasteiger partial charge in [0.15, 0.2) is 0 Å². The third-order valence-electron chi connectivity index (χ3n) is 6.74. The fourth-order valence-electron chi connectivity index (χ4n) is 5.04. The molecule has 2 N–H and O–H groups in total. The summed E-state index contributed by atoms with van der Waals surface area (Å²) >= 11 is 0. The standard InChI is InChI=1S/C27H33N3O4/c1-2-34-24(31)18-27(14-7-4-8-15-27)29-26(33)28-19-20-11-12-23-22(17-20)13-16-30(23)25(32)21-9-5-3-6-10-21/h3,5-6,9-12,17H,2,4,7-8,13-16,18-19H2,1H3,(H2,28,29,33). The fraction of sp³-hybridized carbons (Fsp3) is 0.444. The van der Waals surface area contributed by atoms with Crippen molar-refractivity contribution < 1.29 is 19.1 Å². The number of nitrogens with zero attached hydrogens (tertiary/aromatic N) is 1. The molecule has 1 aliphatic heterocycles. The van der Waals surface area contributed by atoms with Crippen molar-refractivity contribution >= 4 is 23.6 Å². The molecule has 1 saturated carbocycles. The normalized spacial score (nSPS) is 16.4. The molecule has 0 bridgehead atoms. The molecule has 0 radical (unpaired) electrons. The monoisotopic (exact) mass is 463 g/mol. The number of rotatable bonds is 7. The number of nitrogens with one attached hydrogen (secondary N) is 2. The molecule has 0 unspecified atom stereocenters. The average molecular weight is 464 g/mol. The Kier molecular flexibility index (Phi) is 7.50. The molecule has 1 heterocycles. The Morgan fingerprint density at radius 1 is 1.03 bits per heavy atom. The molecule has 0 atom stereocenters. The molecule has 0 saturated heterocycles. The van der Waals surface area contributed by atoms with Gasteiger partial charge in [0.1, 0.15) is 0 Å². The summed E-state index contributed by atoms with van der Waals surface area (Å²) in [4.78, 5) is 39.6. The molecule has 2 aliphatic rings. The van der Waals surface area contributed by atoms with Crippen molar-refractivity contribution in [2.75, 3.05) is 18.1 Å². The molecule has 7 heteroatoms. The van der Waals surface area contributed by atoms with Gasteiger partial charge in [-0.05, 0) is 55.5 Å². The van der Waals surface area contributed by atoms with Gasteiger partial charge in [-0.3, -0.25) is 9.59 Å². The van der Waals surface area contributed by atoms with Gasteiger partial charge in [-0.15, -0.1) is 0 Å². The molecule has 2 aromatic carbocycles. The summed E-state index contributed by atoms with van der Waals surface area (Å²) in [6.07, 6.45) is 5.65. The molecule has 2 aromatic rings. The highest BCUT2D eigenvalue weighted by molar-refractivity contribution is 6.07. The fourth-order valence-corrected chi connectivity index (χ4v) is 5.04. The lowest BCUT2D eigenvalue weighted by Gasteiger charge is -2.37. The van der Waals surface area contributed by atoms with Crippen molar-refractivity contribution in [2.24, 2.45) is 0 Å². The second kappa shape index (κ2) is 10.7. The van der Waals surface area contributed by atoms with Gasteiger partial charge >= 0.3 is 12.0 Å². The van der Waals surface area contributed by atoms with E-state index in [1.165, 1.54) is 0 Å². The lowest BCUT2D eigenvalue weighted by molar-refractivity contribution is -0.145. The number of benzene rings is 2. The minimum atomic E-state index is -0.537. The minimum Gasteiger partial charge on any atom is -0.466 e. The van der Waals surface area contributed by atoms with Crippen LogP contribution in [0.3, 0.4) is 0 Å². The number of hydrogen-bond acceptors (Lipinski definition) is 4. The van der Waals surface area contributed by atoms with Crippen LogP contribution in [-0.2, 0) is 22.5 Å². The maximum Gasteiger partial charge on any atom is 0.315 e. The van der Waals surface area contributed by atoms with Crippen LogP contribution in [0.4, 0.5) is 10.5 Å². The number of ether oxygens (including phenoxy) is 1. The van der Waals surface area contributed by atoms with E-state index in [2.05, 4.69) is 16.7 Å². The lowest BCUT2D eigenvalue weighted by atomic mass is 9.79. The maximum absolute atomic E-state index is 12.9. The molecule has 1 fully saturated rings. The lowest BCUT2D eigenvalue weighted by Crippen LogP contribution is -2.54. The van der Waals surface area contributed by atoms with Crippen molar-refractivity contribution in [1.29, 1.82) is 0 Å². The molecule has 7 nitrogen and oxygen atoms in total. The predicted octanol–water partition coefficient (Wildman–Crippen LogP) is 4.34. The van der Waals surface area contributed by atoms with Crippen LogP contribution in [0.5, 0.6) is 0 Å². The van der Waals surface area contributed by atoms with Gasteiger partial charge in [-0.1, -0.05) is 49.6 Å². The zero-order valence-electron chi connectivity index (χ0n) is 19.8. The van der Waals surface area contributed by atoms with Crippen LogP contribution in [0.1, 0.15) is 66.9 Å². The number of amides is 3. The van der Waals surface area contributed by atoms with E-state index >= 15 is 0 Å². The zero-order chi connectivity index (χ0) is 24.0. The van der Waals surface area contributed by atoms with Crippen LogP contribution >= 0.6 is 0 Å². The summed E-state index contributed by atoms with van der Waals surface area (Å²) in [6.45, 7) is 3.16. The summed E-state index contributed by atoms with van der Waals surface area (Å²) in [5, 5.41) is 6.03. The van der Waals surface area contributed by atoms with Gasteiger partial charge in [-0.25, -0.2) is 4.79 Å². The van der Waals surface area contributed by atoms with Gasteiger partial charge in [-0.2, -0.15) is 0 Å². The van der Waals surface area contributed by atoms with E-state index in [1.807, 2.05) is 47.4 Å². The predicted molar refractivity (Wildman–Crippen MR) is 131 cm³/mol. The first kappa shape index (κ1) is 23.8. The molecule has 0 aromatic heterocycles. The van der Waals surface area contributed by atoms with Crippen molar-refractivity contribution in [3.63, 3.8) is 0 Å².